The van der Waals surface area contributed by atoms with Crippen molar-refractivity contribution in [2.45, 2.75) is 18.9 Å². The van der Waals surface area contributed by atoms with E-state index in [2.05, 4.69) is 0 Å². The van der Waals surface area contributed by atoms with E-state index in [9.17, 15) is 13.2 Å². The number of hydrogen-bond donors (Lipinski definition) is 1. The van der Waals surface area contributed by atoms with Crippen molar-refractivity contribution in [3.8, 4) is 0 Å². The Hall–Kier alpha value is -0.420. The largest absolute Gasteiger partial charge is 0.327 e. The van der Waals surface area contributed by atoms with Crippen molar-refractivity contribution in [3.63, 3.8) is 0 Å². The molecule has 2 atom stereocenters. The first-order valence-electron chi connectivity index (χ1n) is 4.45. The van der Waals surface area contributed by atoms with Gasteiger partial charge in [-0.25, -0.2) is 8.42 Å². The van der Waals surface area contributed by atoms with E-state index in [1.54, 1.807) is 0 Å². The van der Waals surface area contributed by atoms with Crippen LogP contribution in [0.15, 0.2) is 0 Å². The summed E-state index contributed by atoms with van der Waals surface area (Å²) < 4.78 is 22.7. The van der Waals surface area contributed by atoms with E-state index in [1.807, 2.05) is 0 Å². The molecule has 1 heterocycles. The topological polar surface area (TPSA) is 77.2 Å². The van der Waals surface area contributed by atoms with Crippen LogP contribution in [0, 0.1) is 11.8 Å². The van der Waals surface area contributed by atoms with E-state index in [1.165, 1.54) is 0 Å². The van der Waals surface area contributed by atoms with Gasteiger partial charge in [0.15, 0.2) is 9.84 Å². The highest BCUT2D eigenvalue weighted by Gasteiger charge is 2.43. The number of carbonyl (C=O) groups excluding carboxylic acids is 1. The molecule has 0 radical (unpaired) electrons. The molecule has 0 amide bonds. The summed E-state index contributed by atoms with van der Waals surface area (Å²) in [5.74, 6) is 0.147. The van der Waals surface area contributed by atoms with Gasteiger partial charge in [-0.15, -0.1) is 0 Å². The van der Waals surface area contributed by atoms with Crippen LogP contribution in [-0.2, 0) is 14.6 Å². The average molecular weight is 203 g/mol. The minimum absolute atomic E-state index is 0.0822. The number of rotatable bonds is 0. The Kier molecular flexibility index (Phi) is 1.96. The molecule has 74 valence electrons. The third-order valence-electron chi connectivity index (χ3n) is 3.00. The van der Waals surface area contributed by atoms with E-state index in [-0.39, 0.29) is 35.2 Å². The Balaban J connectivity index is 2.28. The van der Waals surface area contributed by atoms with E-state index in [0.29, 0.717) is 12.8 Å². The first-order valence-corrected chi connectivity index (χ1v) is 6.28. The molecular formula is C8H13NO3S. The predicted octanol–water partition coefficient (Wildman–Crippen LogP) is -0.663. The number of ketones is 1. The summed E-state index contributed by atoms with van der Waals surface area (Å²) in [6, 6.07) is -0.0822. The van der Waals surface area contributed by atoms with E-state index in [4.69, 9.17) is 5.73 Å². The van der Waals surface area contributed by atoms with Gasteiger partial charge in [-0.3, -0.25) is 4.79 Å². The minimum atomic E-state index is -2.93. The average Bonchev–Trinajstić information content (AvgIpc) is 1.94. The van der Waals surface area contributed by atoms with Crippen molar-refractivity contribution in [2.24, 2.45) is 17.6 Å². The maximum atomic E-state index is 11.3. The van der Waals surface area contributed by atoms with Crippen LogP contribution in [0.3, 0.4) is 0 Å². The maximum Gasteiger partial charge on any atom is 0.151 e. The molecule has 0 spiro atoms. The second-order valence-electron chi connectivity index (χ2n) is 4.12. The quantitative estimate of drug-likeness (QED) is 0.567. The molecule has 1 saturated heterocycles. The van der Waals surface area contributed by atoms with Crippen molar-refractivity contribution in [1.82, 2.24) is 0 Å². The lowest BCUT2D eigenvalue weighted by atomic mass is 9.78. The highest BCUT2D eigenvalue weighted by atomic mass is 32.2. The van der Waals surface area contributed by atoms with Gasteiger partial charge in [0.1, 0.15) is 5.78 Å². The summed E-state index contributed by atoms with van der Waals surface area (Å²) in [5.41, 5.74) is 5.85. The van der Waals surface area contributed by atoms with E-state index < -0.39 is 9.84 Å². The van der Waals surface area contributed by atoms with Crippen LogP contribution in [0.1, 0.15) is 12.8 Å². The van der Waals surface area contributed by atoms with Crippen LogP contribution in [0.2, 0.25) is 0 Å². The first kappa shape index (κ1) is 9.15. The van der Waals surface area contributed by atoms with Gasteiger partial charge in [-0.1, -0.05) is 0 Å². The summed E-state index contributed by atoms with van der Waals surface area (Å²) in [5, 5.41) is 0. The lowest BCUT2D eigenvalue weighted by Gasteiger charge is -2.38. The molecule has 5 heteroatoms. The zero-order valence-electron chi connectivity index (χ0n) is 7.27. The first-order chi connectivity index (χ1) is 5.98. The van der Waals surface area contributed by atoms with Crippen molar-refractivity contribution in [3.05, 3.63) is 0 Å². The zero-order chi connectivity index (χ0) is 9.64. The fraction of sp³-hybridized carbons (Fsp3) is 0.875. The fourth-order valence-electron chi connectivity index (χ4n) is 2.39. The molecule has 0 aromatic rings. The van der Waals surface area contributed by atoms with Gasteiger partial charge in [0.25, 0.3) is 0 Å². The van der Waals surface area contributed by atoms with Gasteiger partial charge in [0.05, 0.1) is 11.5 Å². The van der Waals surface area contributed by atoms with Gasteiger partial charge < -0.3 is 5.73 Å². The summed E-state index contributed by atoms with van der Waals surface area (Å²) in [6.07, 6.45) is 0.716. The van der Waals surface area contributed by atoms with Crippen molar-refractivity contribution in [1.29, 1.82) is 0 Å². The third kappa shape index (κ3) is 1.62. The molecule has 2 bridgehead atoms. The molecule has 1 saturated carbocycles. The minimum Gasteiger partial charge on any atom is -0.327 e. The number of carbonyl (C=O) groups is 1. The van der Waals surface area contributed by atoms with Crippen LogP contribution in [0.5, 0.6) is 0 Å². The molecule has 2 N–H and O–H groups in total. The van der Waals surface area contributed by atoms with Gasteiger partial charge >= 0.3 is 0 Å². The predicted molar refractivity (Wildman–Crippen MR) is 47.9 cm³/mol. The van der Waals surface area contributed by atoms with E-state index in [0.717, 1.165) is 0 Å². The SMILES string of the molecule is NC1C2CC(=O)CC1CS(=O)(=O)C2. The van der Waals surface area contributed by atoms with Gasteiger partial charge in [-0.05, 0) is 11.8 Å². The summed E-state index contributed by atoms with van der Waals surface area (Å²) in [4.78, 5) is 11.2. The fourth-order valence-corrected chi connectivity index (χ4v) is 4.51. The van der Waals surface area contributed by atoms with Crippen LogP contribution in [0.4, 0.5) is 0 Å². The monoisotopic (exact) mass is 203 g/mol. The van der Waals surface area contributed by atoms with Gasteiger partial charge in [0.2, 0.25) is 0 Å². The Morgan fingerprint density at radius 2 is 1.62 bits per heavy atom. The normalized spacial score (nSPS) is 43.2. The molecule has 2 rings (SSSR count). The van der Waals surface area contributed by atoms with Gasteiger partial charge in [0, 0.05) is 18.9 Å². The second kappa shape index (κ2) is 2.78. The van der Waals surface area contributed by atoms with Crippen molar-refractivity contribution < 1.29 is 13.2 Å². The van der Waals surface area contributed by atoms with Crippen LogP contribution in [-0.4, -0.2) is 31.7 Å². The van der Waals surface area contributed by atoms with E-state index >= 15 is 0 Å². The summed E-state index contributed by atoms with van der Waals surface area (Å²) in [7, 11) is -2.93. The molecule has 2 aliphatic rings. The lowest BCUT2D eigenvalue weighted by molar-refractivity contribution is -0.123. The standard InChI is InChI=1S/C8H13NO3S/c9-8-5-1-7(10)2-6(8)4-13(11,12)3-5/h5-6,8H,1-4,9H2. The van der Waals surface area contributed by atoms with Gasteiger partial charge in [-0.2, -0.15) is 0 Å². The number of nitrogens with two attached hydrogens (primary N) is 1. The number of fused-ring (bicyclic) bond motifs is 2. The number of sulfone groups is 1. The summed E-state index contributed by atoms with van der Waals surface area (Å²) in [6.45, 7) is 0. The molecular weight excluding hydrogens is 190 g/mol. The number of hydrogen-bond acceptors (Lipinski definition) is 4. The molecule has 0 aromatic carbocycles. The zero-order valence-corrected chi connectivity index (χ0v) is 8.09. The smallest absolute Gasteiger partial charge is 0.151 e. The molecule has 2 fully saturated rings. The Bertz CT molecular complexity index is 311. The van der Waals surface area contributed by atoms with Crippen LogP contribution in [0.25, 0.3) is 0 Å². The Morgan fingerprint density at radius 1 is 1.15 bits per heavy atom. The molecule has 4 nitrogen and oxygen atoms in total. The Morgan fingerprint density at radius 3 is 2.08 bits per heavy atom. The van der Waals surface area contributed by atoms with Crippen molar-refractivity contribution in [2.75, 3.05) is 11.5 Å². The molecule has 0 aromatic heterocycles. The second-order valence-corrected chi connectivity index (χ2v) is 6.28. The maximum absolute atomic E-state index is 11.3. The number of Topliss-reactive ketones (excluding diaryl/α,β-unsaturated/α-hetero) is 1. The Labute approximate surface area is 77.4 Å². The highest BCUT2D eigenvalue weighted by molar-refractivity contribution is 7.91. The van der Waals surface area contributed by atoms with Crippen LogP contribution < -0.4 is 5.73 Å². The molecule has 1 aliphatic heterocycles. The van der Waals surface area contributed by atoms with Crippen molar-refractivity contribution >= 4 is 15.6 Å². The summed E-state index contributed by atoms with van der Waals surface area (Å²) >= 11 is 0. The molecule has 2 unspecified atom stereocenters. The highest BCUT2D eigenvalue weighted by Crippen LogP contribution is 2.32. The molecule has 13 heavy (non-hydrogen) atoms. The van der Waals surface area contributed by atoms with Crippen LogP contribution >= 0.6 is 0 Å². The third-order valence-corrected chi connectivity index (χ3v) is 4.88. The lowest BCUT2D eigenvalue weighted by Crippen LogP contribution is -2.53. The molecule has 1 aliphatic carbocycles.